The van der Waals surface area contributed by atoms with Gasteiger partial charge in [0.15, 0.2) is 0 Å². The summed E-state index contributed by atoms with van der Waals surface area (Å²) >= 11 is 5.99. The highest BCUT2D eigenvalue weighted by atomic mass is 35.5. The smallest absolute Gasteiger partial charge is 0.231 e. The van der Waals surface area contributed by atoms with Gasteiger partial charge in [-0.2, -0.15) is 15.0 Å². The van der Waals surface area contributed by atoms with Crippen molar-refractivity contribution in [2.75, 3.05) is 23.3 Å². The summed E-state index contributed by atoms with van der Waals surface area (Å²) in [6.07, 6.45) is 3.58. The molecule has 0 unspecified atom stereocenters. The first-order chi connectivity index (χ1) is 9.10. The first-order valence-electron chi connectivity index (χ1n) is 7.02. The van der Waals surface area contributed by atoms with Crippen molar-refractivity contribution in [1.82, 2.24) is 15.0 Å². The minimum atomic E-state index is 0.260. The van der Waals surface area contributed by atoms with Gasteiger partial charge in [-0.1, -0.05) is 13.8 Å². The summed E-state index contributed by atoms with van der Waals surface area (Å²) in [5, 5.41) is 3.35. The fourth-order valence-electron chi connectivity index (χ4n) is 1.93. The van der Waals surface area contributed by atoms with E-state index < -0.39 is 0 Å². The molecule has 1 aliphatic carbocycles. The molecule has 19 heavy (non-hydrogen) atoms. The van der Waals surface area contributed by atoms with Gasteiger partial charge in [0, 0.05) is 19.1 Å². The van der Waals surface area contributed by atoms with Crippen molar-refractivity contribution in [3.8, 4) is 0 Å². The quantitative estimate of drug-likeness (QED) is 0.834. The molecule has 0 aromatic carbocycles. The van der Waals surface area contributed by atoms with E-state index in [4.69, 9.17) is 11.6 Å². The third kappa shape index (κ3) is 4.20. The highest BCUT2D eigenvalue weighted by Gasteiger charge is 2.31. The number of rotatable bonds is 7. The molecule has 0 saturated heterocycles. The van der Waals surface area contributed by atoms with Gasteiger partial charge in [0.05, 0.1) is 0 Å². The van der Waals surface area contributed by atoms with E-state index in [1.165, 1.54) is 12.8 Å². The fraction of sp³-hybridized carbons (Fsp3) is 0.769. The summed E-state index contributed by atoms with van der Waals surface area (Å²) in [6, 6.07) is 0.576. The topological polar surface area (TPSA) is 53.9 Å². The second-order valence-corrected chi connectivity index (χ2v) is 5.70. The average Bonchev–Trinajstić information content (AvgIpc) is 3.13. The van der Waals surface area contributed by atoms with Crippen molar-refractivity contribution in [2.45, 2.75) is 46.1 Å². The van der Waals surface area contributed by atoms with Crippen LogP contribution >= 0.6 is 11.6 Å². The molecule has 1 fully saturated rings. The van der Waals surface area contributed by atoms with Crippen LogP contribution < -0.4 is 10.2 Å². The SMILES string of the molecule is CCNc1nc(Cl)nc(N(CCC(C)C)C2CC2)n1. The fourth-order valence-corrected chi connectivity index (χ4v) is 2.09. The Balaban J connectivity index is 2.15. The molecule has 5 nitrogen and oxygen atoms in total. The van der Waals surface area contributed by atoms with Crippen molar-refractivity contribution in [3.05, 3.63) is 5.28 Å². The maximum absolute atomic E-state index is 5.99. The third-order valence-electron chi connectivity index (χ3n) is 3.12. The van der Waals surface area contributed by atoms with E-state index in [-0.39, 0.29) is 5.28 Å². The van der Waals surface area contributed by atoms with Crippen LogP contribution in [0.2, 0.25) is 5.28 Å². The summed E-state index contributed by atoms with van der Waals surface area (Å²) in [7, 11) is 0. The van der Waals surface area contributed by atoms with Crippen LogP contribution in [0.3, 0.4) is 0 Å². The van der Waals surface area contributed by atoms with E-state index in [9.17, 15) is 0 Å². The lowest BCUT2D eigenvalue weighted by Gasteiger charge is -2.23. The molecule has 0 bridgehead atoms. The summed E-state index contributed by atoms with van der Waals surface area (Å²) in [4.78, 5) is 15.1. The molecule has 1 aromatic heterocycles. The van der Waals surface area contributed by atoms with Crippen LogP contribution in [0.4, 0.5) is 11.9 Å². The van der Waals surface area contributed by atoms with Gasteiger partial charge in [-0.25, -0.2) is 0 Å². The summed E-state index contributed by atoms with van der Waals surface area (Å²) < 4.78 is 0. The lowest BCUT2D eigenvalue weighted by Crippen LogP contribution is -2.30. The van der Waals surface area contributed by atoms with Gasteiger partial charge in [-0.15, -0.1) is 0 Å². The molecule has 1 heterocycles. The van der Waals surface area contributed by atoms with Gasteiger partial charge >= 0.3 is 0 Å². The largest absolute Gasteiger partial charge is 0.354 e. The Morgan fingerprint density at radius 1 is 1.32 bits per heavy atom. The lowest BCUT2D eigenvalue weighted by molar-refractivity contribution is 0.565. The lowest BCUT2D eigenvalue weighted by atomic mass is 10.1. The maximum atomic E-state index is 5.99. The number of nitrogens with one attached hydrogen (secondary N) is 1. The Kier molecular flexibility index (Phi) is 4.80. The monoisotopic (exact) mass is 283 g/mol. The summed E-state index contributed by atoms with van der Waals surface area (Å²) in [6.45, 7) is 8.23. The molecule has 2 rings (SSSR count). The maximum Gasteiger partial charge on any atom is 0.231 e. The summed E-state index contributed by atoms with van der Waals surface area (Å²) in [5.41, 5.74) is 0. The molecule has 0 radical (unpaired) electrons. The van der Waals surface area contributed by atoms with Gasteiger partial charge in [0.25, 0.3) is 0 Å². The molecule has 1 N–H and O–H groups in total. The van der Waals surface area contributed by atoms with E-state index in [0.29, 0.717) is 23.9 Å². The van der Waals surface area contributed by atoms with E-state index >= 15 is 0 Å². The number of anilines is 2. The van der Waals surface area contributed by atoms with E-state index in [2.05, 4.69) is 39.0 Å². The van der Waals surface area contributed by atoms with E-state index in [0.717, 1.165) is 19.5 Å². The third-order valence-corrected chi connectivity index (χ3v) is 3.29. The van der Waals surface area contributed by atoms with Crippen LogP contribution in [0.15, 0.2) is 0 Å². The van der Waals surface area contributed by atoms with Gasteiger partial charge in [0.1, 0.15) is 0 Å². The van der Waals surface area contributed by atoms with Crippen LogP contribution in [0.1, 0.15) is 40.0 Å². The second-order valence-electron chi connectivity index (χ2n) is 5.37. The van der Waals surface area contributed by atoms with E-state index in [1.54, 1.807) is 0 Å². The second kappa shape index (κ2) is 6.37. The molecule has 0 atom stereocenters. The Morgan fingerprint density at radius 3 is 2.63 bits per heavy atom. The van der Waals surface area contributed by atoms with Crippen molar-refractivity contribution >= 4 is 23.5 Å². The Labute approximate surface area is 119 Å². The molecule has 1 aromatic rings. The first kappa shape index (κ1) is 14.3. The molecule has 0 amide bonds. The molecular formula is C13H22ClN5. The molecule has 0 aliphatic heterocycles. The zero-order valence-corrected chi connectivity index (χ0v) is 12.6. The Hall–Kier alpha value is -1.10. The van der Waals surface area contributed by atoms with Crippen LogP contribution in [0.25, 0.3) is 0 Å². The number of halogens is 1. The highest BCUT2D eigenvalue weighted by Crippen LogP contribution is 2.31. The molecule has 106 valence electrons. The summed E-state index contributed by atoms with van der Waals surface area (Å²) in [5.74, 6) is 1.94. The van der Waals surface area contributed by atoms with Crippen molar-refractivity contribution < 1.29 is 0 Å². The number of nitrogens with zero attached hydrogens (tertiary/aromatic N) is 4. The molecule has 0 spiro atoms. The van der Waals surface area contributed by atoms with Crippen molar-refractivity contribution in [3.63, 3.8) is 0 Å². The van der Waals surface area contributed by atoms with Crippen LogP contribution in [-0.2, 0) is 0 Å². The van der Waals surface area contributed by atoms with Crippen molar-refractivity contribution in [1.29, 1.82) is 0 Å². The van der Waals surface area contributed by atoms with Crippen molar-refractivity contribution in [2.24, 2.45) is 5.92 Å². The van der Waals surface area contributed by atoms with Crippen LogP contribution in [0.5, 0.6) is 0 Å². The Morgan fingerprint density at radius 2 is 2.05 bits per heavy atom. The zero-order valence-electron chi connectivity index (χ0n) is 11.9. The normalized spacial score (nSPS) is 14.8. The average molecular weight is 284 g/mol. The molecule has 1 aliphatic rings. The minimum absolute atomic E-state index is 0.260. The van der Waals surface area contributed by atoms with Crippen LogP contribution in [0, 0.1) is 5.92 Å². The minimum Gasteiger partial charge on any atom is -0.354 e. The van der Waals surface area contributed by atoms with Gasteiger partial charge in [-0.05, 0) is 43.7 Å². The van der Waals surface area contributed by atoms with Gasteiger partial charge < -0.3 is 10.2 Å². The zero-order chi connectivity index (χ0) is 13.8. The predicted octanol–water partition coefficient (Wildman–Crippen LogP) is 2.97. The molecule has 1 saturated carbocycles. The number of hydrogen-bond donors (Lipinski definition) is 1. The number of hydrogen-bond acceptors (Lipinski definition) is 5. The standard InChI is InChI=1S/C13H22ClN5/c1-4-15-12-16-11(14)17-13(18-12)19(10-5-6-10)8-7-9(2)3/h9-10H,4-8H2,1-3H3,(H,15,16,17,18). The van der Waals surface area contributed by atoms with Gasteiger partial charge in [0.2, 0.25) is 17.2 Å². The Bertz CT molecular complexity index is 419. The van der Waals surface area contributed by atoms with Crippen LogP contribution in [-0.4, -0.2) is 34.1 Å². The molecule has 6 heteroatoms. The van der Waals surface area contributed by atoms with E-state index in [1.807, 2.05) is 6.92 Å². The predicted molar refractivity (Wildman–Crippen MR) is 78.8 cm³/mol. The van der Waals surface area contributed by atoms with Gasteiger partial charge in [-0.3, -0.25) is 0 Å². The highest BCUT2D eigenvalue weighted by molar-refractivity contribution is 6.28. The number of aromatic nitrogens is 3. The molecular weight excluding hydrogens is 262 g/mol. The first-order valence-corrected chi connectivity index (χ1v) is 7.40.